The van der Waals surface area contributed by atoms with Gasteiger partial charge in [0.15, 0.2) is 0 Å². The number of hydrogen-bond donors (Lipinski definition) is 2. The average molecular weight is 411 g/mol. The van der Waals surface area contributed by atoms with Gasteiger partial charge in [-0.05, 0) is 32.0 Å². The topological polar surface area (TPSA) is 86.6 Å². The molecule has 1 aliphatic heterocycles. The predicted molar refractivity (Wildman–Crippen MR) is 107 cm³/mol. The van der Waals surface area contributed by atoms with Crippen molar-refractivity contribution >= 4 is 18.3 Å². The summed E-state index contributed by atoms with van der Waals surface area (Å²) in [7, 11) is 4.75. The van der Waals surface area contributed by atoms with Gasteiger partial charge in [-0.2, -0.15) is 5.10 Å². The molecule has 0 unspecified atom stereocenters. The van der Waals surface area contributed by atoms with Gasteiger partial charge in [-0.1, -0.05) is 0 Å². The van der Waals surface area contributed by atoms with Crippen LogP contribution in [0.2, 0.25) is 0 Å². The molecule has 28 heavy (non-hydrogen) atoms. The Morgan fingerprint density at radius 3 is 2.32 bits per heavy atom. The van der Waals surface area contributed by atoms with Crippen molar-refractivity contribution in [2.75, 3.05) is 34.4 Å². The van der Waals surface area contributed by atoms with Crippen LogP contribution >= 0.6 is 12.4 Å². The third-order valence-corrected chi connectivity index (χ3v) is 5.04. The lowest BCUT2D eigenvalue weighted by atomic mass is 9.87. The molecule has 8 nitrogen and oxygen atoms in total. The Bertz CT molecular complexity index is 751. The second-order valence-electron chi connectivity index (χ2n) is 6.43. The Hall–Kier alpha value is -2.45. The fraction of sp³-hybridized carbons (Fsp3) is 0.474. The zero-order chi connectivity index (χ0) is 19.3. The van der Waals surface area contributed by atoms with Crippen molar-refractivity contribution < 1.29 is 19.0 Å². The van der Waals surface area contributed by atoms with Crippen LogP contribution in [0, 0.1) is 0 Å². The van der Waals surface area contributed by atoms with Gasteiger partial charge in [0.25, 0.3) is 0 Å². The standard InChI is InChI=1S/C19H26N4O4.ClH/c1-25-14-11-16(26-2)15(17(12-14)27-3)13-21-18(24)19(5-8-20-9-6-19)23-10-4-7-22-23;/h4,7,10-12,20H,5-6,8-9,13H2,1-3H3,(H,21,24);1H. The van der Waals surface area contributed by atoms with E-state index in [9.17, 15) is 4.79 Å². The number of ether oxygens (including phenoxy) is 3. The van der Waals surface area contributed by atoms with Gasteiger partial charge in [-0.15, -0.1) is 12.4 Å². The minimum atomic E-state index is -0.693. The van der Waals surface area contributed by atoms with Gasteiger partial charge >= 0.3 is 0 Å². The Kier molecular flexibility index (Phi) is 7.53. The van der Waals surface area contributed by atoms with Gasteiger partial charge in [0.1, 0.15) is 22.8 Å². The quantitative estimate of drug-likeness (QED) is 0.722. The first-order chi connectivity index (χ1) is 13.1. The van der Waals surface area contributed by atoms with E-state index >= 15 is 0 Å². The molecule has 0 bridgehead atoms. The number of piperidine rings is 1. The molecule has 3 rings (SSSR count). The number of nitrogens with zero attached hydrogens (tertiary/aromatic N) is 2. The molecule has 1 saturated heterocycles. The maximum absolute atomic E-state index is 13.2. The molecule has 9 heteroatoms. The lowest BCUT2D eigenvalue weighted by Crippen LogP contribution is -2.54. The van der Waals surface area contributed by atoms with E-state index in [1.807, 2.05) is 12.3 Å². The number of halogens is 1. The summed E-state index contributed by atoms with van der Waals surface area (Å²) >= 11 is 0. The molecule has 1 aliphatic rings. The van der Waals surface area contributed by atoms with Crippen molar-refractivity contribution in [3.63, 3.8) is 0 Å². The van der Waals surface area contributed by atoms with Crippen LogP contribution < -0.4 is 24.8 Å². The molecular formula is C19H27ClN4O4. The van der Waals surface area contributed by atoms with Crippen LogP contribution in [0.3, 0.4) is 0 Å². The number of rotatable bonds is 7. The molecule has 1 amide bonds. The van der Waals surface area contributed by atoms with Crippen molar-refractivity contribution in [1.82, 2.24) is 20.4 Å². The van der Waals surface area contributed by atoms with Crippen molar-refractivity contribution in [3.8, 4) is 17.2 Å². The molecule has 154 valence electrons. The normalized spacial score (nSPS) is 15.2. The fourth-order valence-corrected chi connectivity index (χ4v) is 3.51. The van der Waals surface area contributed by atoms with E-state index in [4.69, 9.17) is 14.2 Å². The van der Waals surface area contributed by atoms with Crippen molar-refractivity contribution in [2.24, 2.45) is 0 Å². The van der Waals surface area contributed by atoms with Gasteiger partial charge < -0.3 is 24.8 Å². The van der Waals surface area contributed by atoms with Crippen LogP contribution in [0.5, 0.6) is 17.2 Å². The molecule has 0 spiro atoms. The number of benzene rings is 1. The molecule has 1 fully saturated rings. The van der Waals surface area contributed by atoms with Crippen molar-refractivity contribution in [1.29, 1.82) is 0 Å². The molecule has 2 N–H and O–H groups in total. The fourth-order valence-electron chi connectivity index (χ4n) is 3.51. The summed E-state index contributed by atoms with van der Waals surface area (Å²) in [6.07, 6.45) is 4.90. The molecule has 2 heterocycles. The SMILES string of the molecule is COc1cc(OC)c(CNC(=O)C2(n3cccn3)CCNCC2)c(OC)c1.Cl. The first kappa shape index (κ1) is 21.8. The van der Waals surface area contributed by atoms with E-state index < -0.39 is 5.54 Å². The zero-order valence-electron chi connectivity index (χ0n) is 16.4. The van der Waals surface area contributed by atoms with Crippen LogP contribution in [-0.4, -0.2) is 50.1 Å². The summed E-state index contributed by atoms with van der Waals surface area (Å²) in [6.45, 7) is 1.82. The second kappa shape index (κ2) is 9.66. The number of carbonyl (C=O) groups is 1. The Morgan fingerprint density at radius 2 is 1.82 bits per heavy atom. The summed E-state index contributed by atoms with van der Waals surface area (Å²) in [5.41, 5.74) is 0.0699. The third-order valence-electron chi connectivity index (χ3n) is 5.04. The maximum Gasteiger partial charge on any atom is 0.248 e. The van der Waals surface area contributed by atoms with E-state index in [0.29, 0.717) is 30.1 Å². The number of methoxy groups -OCH3 is 3. The highest BCUT2D eigenvalue weighted by atomic mass is 35.5. The van der Waals surface area contributed by atoms with Crippen molar-refractivity contribution in [2.45, 2.75) is 24.9 Å². The minimum absolute atomic E-state index is 0. The van der Waals surface area contributed by atoms with E-state index in [0.717, 1.165) is 18.7 Å². The molecular weight excluding hydrogens is 384 g/mol. The third kappa shape index (κ3) is 4.18. The molecule has 2 aromatic rings. The summed E-state index contributed by atoms with van der Waals surface area (Å²) in [4.78, 5) is 13.2. The molecule has 1 aromatic carbocycles. The van der Waals surface area contributed by atoms with Gasteiger partial charge in [0.2, 0.25) is 5.91 Å². The Morgan fingerprint density at radius 1 is 1.18 bits per heavy atom. The summed E-state index contributed by atoms with van der Waals surface area (Å²) in [5, 5.41) is 10.7. The highest BCUT2D eigenvalue weighted by Crippen LogP contribution is 2.34. The van der Waals surface area contributed by atoms with Crippen LogP contribution in [0.25, 0.3) is 0 Å². The molecule has 0 saturated carbocycles. The molecule has 0 aliphatic carbocycles. The monoisotopic (exact) mass is 410 g/mol. The Labute approximate surface area is 170 Å². The Balaban J connectivity index is 0.00000280. The van der Waals surface area contributed by atoms with Gasteiger partial charge in [-0.25, -0.2) is 0 Å². The van der Waals surface area contributed by atoms with E-state index in [1.165, 1.54) is 0 Å². The summed E-state index contributed by atoms with van der Waals surface area (Å²) in [5.74, 6) is 1.77. The average Bonchev–Trinajstić information content (AvgIpc) is 3.27. The first-order valence-corrected chi connectivity index (χ1v) is 8.92. The van der Waals surface area contributed by atoms with Crippen LogP contribution in [-0.2, 0) is 16.9 Å². The number of carbonyl (C=O) groups excluding carboxylic acids is 1. The van der Waals surface area contributed by atoms with Crippen LogP contribution in [0.4, 0.5) is 0 Å². The van der Waals surface area contributed by atoms with Crippen molar-refractivity contribution in [3.05, 3.63) is 36.2 Å². The summed E-state index contributed by atoms with van der Waals surface area (Å²) in [6, 6.07) is 5.39. The largest absolute Gasteiger partial charge is 0.496 e. The molecule has 0 atom stereocenters. The number of hydrogen-bond acceptors (Lipinski definition) is 6. The number of amides is 1. The smallest absolute Gasteiger partial charge is 0.248 e. The van der Waals surface area contributed by atoms with Crippen LogP contribution in [0.15, 0.2) is 30.6 Å². The lowest BCUT2D eigenvalue weighted by Gasteiger charge is -2.36. The summed E-state index contributed by atoms with van der Waals surface area (Å²) < 4.78 is 18.0. The maximum atomic E-state index is 13.2. The lowest BCUT2D eigenvalue weighted by molar-refractivity contribution is -0.132. The molecule has 1 aromatic heterocycles. The highest BCUT2D eigenvalue weighted by Gasteiger charge is 2.41. The van der Waals surface area contributed by atoms with Gasteiger partial charge in [-0.3, -0.25) is 9.48 Å². The van der Waals surface area contributed by atoms with E-state index in [1.54, 1.807) is 44.3 Å². The van der Waals surface area contributed by atoms with Gasteiger partial charge in [0, 0.05) is 24.5 Å². The number of nitrogens with one attached hydrogen (secondary N) is 2. The molecule has 0 radical (unpaired) electrons. The highest BCUT2D eigenvalue weighted by molar-refractivity contribution is 5.85. The predicted octanol–water partition coefficient (Wildman–Crippen LogP) is 1.73. The second-order valence-corrected chi connectivity index (χ2v) is 6.43. The minimum Gasteiger partial charge on any atom is -0.496 e. The van der Waals surface area contributed by atoms with E-state index in [2.05, 4.69) is 15.7 Å². The van der Waals surface area contributed by atoms with Gasteiger partial charge in [0.05, 0.1) is 33.4 Å². The number of aromatic nitrogens is 2. The van der Waals surface area contributed by atoms with Crippen LogP contribution in [0.1, 0.15) is 18.4 Å². The van der Waals surface area contributed by atoms with E-state index in [-0.39, 0.29) is 24.9 Å². The first-order valence-electron chi connectivity index (χ1n) is 8.92. The zero-order valence-corrected chi connectivity index (χ0v) is 17.2.